The second kappa shape index (κ2) is 8.12. The number of aromatic amines is 1. The Hall–Kier alpha value is -4.25. The number of pyridine rings is 1. The molecule has 0 saturated heterocycles. The number of hydrogen-bond donors (Lipinski definition) is 1. The van der Waals surface area contributed by atoms with Gasteiger partial charge in [-0.25, -0.2) is 0 Å². The van der Waals surface area contributed by atoms with E-state index in [2.05, 4.69) is 4.98 Å². The smallest absolute Gasteiger partial charge is 0.256 e. The first-order valence-corrected chi connectivity index (χ1v) is 10.2. The van der Waals surface area contributed by atoms with E-state index in [1.165, 1.54) is 0 Å². The number of fused-ring (bicyclic) bond motifs is 1. The molecule has 0 aliphatic rings. The number of methoxy groups -OCH3 is 2. The largest absolute Gasteiger partial charge is 0.496 e. The van der Waals surface area contributed by atoms with Crippen LogP contribution in [0.5, 0.6) is 11.5 Å². The molecule has 0 unspecified atom stereocenters. The number of nitrogens with one attached hydrogen (secondary N) is 1. The van der Waals surface area contributed by atoms with Crippen LogP contribution in [0.4, 0.5) is 0 Å². The lowest BCUT2D eigenvalue weighted by Gasteiger charge is -2.17. The molecule has 2 heterocycles. The Morgan fingerprint density at radius 3 is 2.12 bits per heavy atom. The number of furan rings is 1. The van der Waals surface area contributed by atoms with Crippen LogP contribution in [0.1, 0.15) is 0 Å². The number of aromatic nitrogens is 1. The molecule has 1 N–H and O–H groups in total. The van der Waals surface area contributed by atoms with Gasteiger partial charge in [-0.1, -0.05) is 60.7 Å². The standard InChI is InChI=1S/C27H21NO4/c1-30-23-16-22-19(13-14-32-22)26(31-2)25(23)21-15-20(17-9-5-3-6-10-17)24(27(29)28-21)18-11-7-4-8-12-18/h3-16H,1-2H3,(H,28,29). The molecule has 5 nitrogen and oxygen atoms in total. The Morgan fingerprint density at radius 2 is 1.47 bits per heavy atom. The van der Waals surface area contributed by atoms with Crippen molar-refractivity contribution < 1.29 is 13.9 Å². The zero-order valence-corrected chi connectivity index (χ0v) is 17.7. The predicted octanol–water partition coefficient (Wildman–Crippen LogP) is 6.14. The molecule has 5 aromatic rings. The summed E-state index contributed by atoms with van der Waals surface area (Å²) in [5.74, 6) is 1.13. The molecule has 0 saturated carbocycles. The molecule has 5 heteroatoms. The van der Waals surface area contributed by atoms with E-state index in [1.54, 1.807) is 26.5 Å². The summed E-state index contributed by atoms with van der Waals surface area (Å²) in [6.45, 7) is 0. The average molecular weight is 423 g/mol. The molecule has 32 heavy (non-hydrogen) atoms. The maximum Gasteiger partial charge on any atom is 0.256 e. The maximum absolute atomic E-state index is 13.5. The highest BCUT2D eigenvalue weighted by Gasteiger charge is 2.22. The molecule has 158 valence electrons. The van der Waals surface area contributed by atoms with Crippen LogP contribution < -0.4 is 15.0 Å². The Balaban J connectivity index is 1.85. The van der Waals surface area contributed by atoms with Crippen LogP contribution in [0, 0.1) is 0 Å². The van der Waals surface area contributed by atoms with Gasteiger partial charge in [0.15, 0.2) is 0 Å². The Morgan fingerprint density at radius 1 is 0.781 bits per heavy atom. The van der Waals surface area contributed by atoms with E-state index in [9.17, 15) is 4.79 Å². The van der Waals surface area contributed by atoms with Crippen molar-refractivity contribution in [1.82, 2.24) is 4.98 Å². The normalized spacial score (nSPS) is 10.9. The van der Waals surface area contributed by atoms with E-state index in [4.69, 9.17) is 13.9 Å². The first-order valence-electron chi connectivity index (χ1n) is 10.2. The first-order chi connectivity index (χ1) is 15.7. The minimum atomic E-state index is -0.191. The van der Waals surface area contributed by atoms with Gasteiger partial charge < -0.3 is 18.9 Å². The predicted molar refractivity (Wildman–Crippen MR) is 126 cm³/mol. The fourth-order valence-electron chi connectivity index (χ4n) is 4.12. The molecule has 5 rings (SSSR count). The lowest BCUT2D eigenvalue weighted by Crippen LogP contribution is -2.12. The molecule has 0 radical (unpaired) electrons. The van der Waals surface area contributed by atoms with E-state index in [0.717, 1.165) is 22.1 Å². The van der Waals surface area contributed by atoms with Gasteiger partial charge in [0.25, 0.3) is 5.56 Å². The highest BCUT2D eigenvalue weighted by Crippen LogP contribution is 2.44. The maximum atomic E-state index is 13.5. The summed E-state index contributed by atoms with van der Waals surface area (Å²) in [4.78, 5) is 16.5. The van der Waals surface area contributed by atoms with Crippen molar-refractivity contribution in [3.05, 3.63) is 95.5 Å². The number of rotatable bonds is 5. The number of hydrogen-bond acceptors (Lipinski definition) is 4. The van der Waals surface area contributed by atoms with E-state index >= 15 is 0 Å². The van der Waals surface area contributed by atoms with Crippen molar-refractivity contribution in [3.63, 3.8) is 0 Å². The molecule has 2 aromatic heterocycles. The first kappa shape index (κ1) is 19.7. The monoisotopic (exact) mass is 423 g/mol. The molecule has 0 amide bonds. The van der Waals surface area contributed by atoms with Crippen LogP contribution >= 0.6 is 0 Å². The molecule has 0 fully saturated rings. The van der Waals surface area contributed by atoms with E-state index in [-0.39, 0.29) is 5.56 Å². The summed E-state index contributed by atoms with van der Waals surface area (Å²) in [5.41, 5.74) is 4.96. The highest BCUT2D eigenvalue weighted by molar-refractivity contribution is 5.96. The lowest BCUT2D eigenvalue weighted by molar-refractivity contribution is 0.399. The van der Waals surface area contributed by atoms with Gasteiger partial charge in [-0.3, -0.25) is 4.79 Å². The van der Waals surface area contributed by atoms with E-state index in [0.29, 0.717) is 33.9 Å². The number of benzene rings is 3. The zero-order chi connectivity index (χ0) is 22.1. The molecule has 0 aliphatic heterocycles. The van der Waals surface area contributed by atoms with E-state index < -0.39 is 0 Å². The zero-order valence-electron chi connectivity index (χ0n) is 17.7. The third-order valence-corrected chi connectivity index (χ3v) is 5.55. The van der Waals surface area contributed by atoms with Crippen molar-refractivity contribution >= 4 is 11.0 Å². The average Bonchev–Trinajstić information content (AvgIpc) is 3.31. The molecular weight excluding hydrogens is 402 g/mol. The van der Waals surface area contributed by atoms with Crippen molar-refractivity contribution in [1.29, 1.82) is 0 Å². The van der Waals surface area contributed by atoms with Gasteiger partial charge in [0.1, 0.15) is 17.1 Å². The lowest BCUT2D eigenvalue weighted by atomic mass is 9.93. The summed E-state index contributed by atoms with van der Waals surface area (Å²) in [7, 11) is 3.18. The Bertz CT molecular complexity index is 1450. The second-order valence-electron chi connectivity index (χ2n) is 7.35. The fourth-order valence-corrected chi connectivity index (χ4v) is 4.12. The van der Waals surface area contributed by atoms with Gasteiger partial charge in [-0.15, -0.1) is 0 Å². The summed E-state index contributed by atoms with van der Waals surface area (Å²) in [6, 6.07) is 25.2. The van der Waals surface area contributed by atoms with Crippen LogP contribution in [0.25, 0.3) is 44.5 Å². The molecule has 3 aromatic carbocycles. The van der Waals surface area contributed by atoms with E-state index in [1.807, 2.05) is 72.8 Å². The Kier molecular flexibility index (Phi) is 5.00. The van der Waals surface area contributed by atoms with Crippen LogP contribution in [0.3, 0.4) is 0 Å². The minimum absolute atomic E-state index is 0.191. The van der Waals surface area contributed by atoms with Crippen molar-refractivity contribution in [2.75, 3.05) is 14.2 Å². The summed E-state index contributed by atoms with van der Waals surface area (Å²) >= 11 is 0. The Labute approximate surface area is 184 Å². The van der Waals surface area contributed by atoms with Crippen molar-refractivity contribution in [3.8, 4) is 45.0 Å². The highest BCUT2D eigenvalue weighted by atomic mass is 16.5. The minimum Gasteiger partial charge on any atom is -0.496 e. The molecule has 0 atom stereocenters. The molecule has 0 spiro atoms. The van der Waals surface area contributed by atoms with Crippen molar-refractivity contribution in [2.24, 2.45) is 0 Å². The third-order valence-electron chi connectivity index (χ3n) is 5.55. The topological polar surface area (TPSA) is 64.5 Å². The quantitative estimate of drug-likeness (QED) is 0.369. The summed E-state index contributed by atoms with van der Waals surface area (Å²) < 4.78 is 17.0. The summed E-state index contributed by atoms with van der Waals surface area (Å²) in [6.07, 6.45) is 1.60. The van der Waals surface area contributed by atoms with Crippen LogP contribution in [-0.2, 0) is 0 Å². The van der Waals surface area contributed by atoms with Gasteiger partial charge in [0.2, 0.25) is 0 Å². The third kappa shape index (κ3) is 3.24. The fraction of sp³-hybridized carbons (Fsp3) is 0.0741. The van der Waals surface area contributed by atoms with Crippen LogP contribution in [0.15, 0.2) is 94.3 Å². The van der Waals surface area contributed by atoms with Gasteiger partial charge >= 0.3 is 0 Å². The number of H-pyrrole nitrogens is 1. The molecular formula is C27H21NO4. The SMILES string of the molecule is COc1cc2occc2c(OC)c1-c1cc(-c2ccccc2)c(-c2ccccc2)c(=O)[nH]1. The van der Waals surface area contributed by atoms with Gasteiger partial charge in [0, 0.05) is 6.07 Å². The van der Waals surface area contributed by atoms with Crippen LogP contribution in [0.2, 0.25) is 0 Å². The van der Waals surface area contributed by atoms with Crippen molar-refractivity contribution in [2.45, 2.75) is 0 Å². The number of ether oxygens (including phenoxy) is 2. The van der Waals surface area contributed by atoms with Gasteiger partial charge in [-0.05, 0) is 28.8 Å². The van der Waals surface area contributed by atoms with Crippen LogP contribution in [-0.4, -0.2) is 19.2 Å². The van der Waals surface area contributed by atoms with Gasteiger partial charge in [0.05, 0.1) is 42.7 Å². The second-order valence-corrected chi connectivity index (χ2v) is 7.35. The van der Waals surface area contributed by atoms with Gasteiger partial charge in [-0.2, -0.15) is 0 Å². The summed E-state index contributed by atoms with van der Waals surface area (Å²) in [5, 5.41) is 0.803. The molecule has 0 aliphatic carbocycles. The molecule has 0 bridgehead atoms.